The Morgan fingerprint density at radius 2 is 2.16 bits per heavy atom. The van der Waals surface area contributed by atoms with Gasteiger partial charge in [0.15, 0.2) is 0 Å². The number of ether oxygens (including phenoxy) is 1. The third-order valence-electron chi connectivity index (χ3n) is 4.55. The monoisotopic (exact) mass is 270 g/mol. The van der Waals surface area contributed by atoms with Crippen LogP contribution in [-0.2, 0) is 4.74 Å². The Balaban J connectivity index is 2.00. The summed E-state index contributed by atoms with van der Waals surface area (Å²) in [5.74, 6) is 0. The van der Waals surface area contributed by atoms with Gasteiger partial charge in [-0.3, -0.25) is 4.90 Å². The van der Waals surface area contributed by atoms with Gasteiger partial charge in [-0.15, -0.1) is 0 Å². The van der Waals surface area contributed by atoms with Crippen LogP contribution < -0.4 is 5.32 Å². The second-order valence-corrected chi connectivity index (χ2v) is 6.98. The van der Waals surface area contributed by atoms with Crippen LogP contribution in [0.25, 0.3) is 0 Å². The zero-order valence-electron chi connectivity index (χ0n) is 12.9. The van der Waals surface area contributed by atoms with Crippen LogP contribution in [-0.4, -0.2) is 59.5 Å². The first-order valence-corrected chi connectivity index (χ1v) is 7.67. The lowest BCUT2D eigenvalue weighted by Crippen LogP contribution is -2.55. The lowest BCUT2D eigenvalue weighted by Gasteiger charge is -2.44. The smallest absolute Gasteiger partial charge is 0.0757 e. The van der Waals surface area contributed by atoms with Gasteiger partial charge >= 0.3 is 0 Å². The van der Waals surface area contributed by atoms with Crippen molar-refractivity contribution < 1.29 is 9.84 Å². The van der Waals surface area contributed by atoms with Gasteiger partial charge in [0.2, 0.25) is 0 Å². The third kappa shape index (κ3) is 3.48. The number of nitrogens with one attached hydrogen (secondary N) is 1. The Bertz CT molecular complexity index is 309. The number of nitrogens with zero attached hydrogens (tertiary/aromatic N) is 1. The van der Waals surface area contributed by atoms with Gasteiger partial charge in [0.1, 0.15) is 0 Å². The van der Waals surface area contributed by atoms with E-state index in [-0.39, 0.29) is 17.7 Å². The van der Waals surface area contributed by atoms with Gasteiger partial charge in [-0.05, 0) is 46.6 Å². The van der Waals surface area contributed by atoms with Crippen molar-refractivity contribution in [1.29, 1.82) is 0 Å². The number of aliphatic hydroxyl groups is 1. The molecule has 0 aromatic rings. The van der Waals surface area contributed by atoms with Gasteiger partial charge in [0, 0.05) is 24.7 Å². The lowest BCUT2D eigenvalue weighted by atomic mass is 9.97. The summed E-state index contributed by atoms with van der Waals surface area (Å²) in [6, 6.07) is 0.580. The molecule has 4 nitrogen and oxygen atoms in total. The fraction of sp³-hybridized carbons (Fsp3) is 1.00. The summed E-state index contributed by atoms with van der Waals surface area (Å²) < 4.78 is 5.98. The van der Waals surface area contributed by atoms with Crippen LogP contribution >= 0.6 is 0 Å². The Morgan fingerprint density at radius 1 is 1.42 bits per heavy atom. The molecule has 2 rings (SSSR count). The average Bonchev–Trinajstić information content (AvgIpc) is 2.72. The molecule has 2 aliphatic rings. The molecule has 19 heavy (non-hydrogen) atoms. The molecule has 0 spiro atoms. The third-order valence-corrected chi connectivity index (χ3v) is 4.55. The van der Waals surface area contributed by atoms with Crippen LogP contribution in [0.4, 0.5) is 0 Å². The first-order valence-electron chi connectivity index (χ1n) is 7.67. The molecule has 1 saturated carbocycles. The van der Waals surface area contributed by atoms with Crippen molar-refractivity contribution in [3.05, 3.63) is 0 Å². The van der Waals surface area contributed by atoms with Crippen LogP contribution in [0.5, 0.6) is 0 Å². The molecule has 0 radical (unpaired) electrons. The molecule has 112 valence electrons. The fourth-order valence-electron chi connectivity index (χ4n) is 3.93. The highest BCUT2D eigenvalue weighted by atomic mass is 16.5. The van der Waals surface area contributed by atoms with Gasteiger partial charge < -0.3 is 15.2 Å². The fourth-order valence-corrected chi connectivity index (χ4v) is 3.93. The highest BCUT2D eigenvalue weighted by Crippen LogP contribution is 2.35. The molecule has 0 amide bonds. The molecule has 1 aliphatic carbocycles. The highest BCUT2D eigenvalue weighted by molar-refractivity contribution is 5.01. The number of hydrogen-bond acceptors (Lipinski definition) is 4. The number of aliphatic hydroxyl groups excluding tert-OH is 1. The van der Waals surface area contributed by atoms with Gasteiger partial charge in [-0.25, -0.2) is 0 Å². The minimum atomic E-state index is -0.0552. The summed E-state index contributed by atoms with van der Waals surface area (Å²) in [6.07, 6.45) is 3.61. The largest absolute Gasteiger partial charge is 0.394 e. The van der Waals surface area contributed by atoms with Crippen molar-refractivity contribution in [2.75, 3.05) is 26.2 Å². The van der Waals surface area contributed by atoms with E-state index < -0.39 is 0 Å². The molecule has 1 saturated heterocycles. The van der Waals surface area contributed by atoms with Crippen LogP contribution in [0.1, 0.15) is 47.0 Å². The molecular weight excluding hydrogens is 240 g/mol. The van der Waals surface area contributed by atoms with Crippen molar-refractivity contribution in [3.8, 4) is 0 Å². The molecule has 3 unspecified atom stereocenters. The van der Waals surface area contributed by atoms with Crippen LogP contribution in [0.15, 0.2) is 0 Å². The molecule has 0 aromatic heterocycles. The molecule has 0 aromatic carbocycles. The van der Waals surface area contributed by atoms with E-state index in [1.807, 2.05) is 0 Å². The van der Waals surface area contributed by atoms with Crippen LogP contribution in [0.3, 0.4) is 0 Å². The Kier molecular flexibility index (Phi) is 4.56. The van der Waals surface area contributed by atoms with Crippen molar-refractivity contribution >= 4 is 0 Å². The lowest BCUT2D eigenvalue weighted by molar-refractivity contribution is -0.137. The number of morpholine rings is 1. The van der Waals surface area contributed by atoms with E-state index in [2.05, 4.69) is 37.9 Å². The van der Waals surface area contributed by atoms with E-state index in [4.69, 9.17) is 4.74 Å². The summed E-state index contributed by atoms with van der Waals surface area (Å²) in [6.45, 7) is 11.8. The molecule has 3 atom stereocenters. The van der Waals surface area contributed by atoms with Gasteiger partial charge in [-0.1, -0.05) is 6.92 Å². The normalized spacial score (nSPS) is 39.6. The molecule has 0 bridgehead atoms. The molecule has 4 heteroatoms. The van der Waals surface area contributed by atoms with Crippen molar-refractivity contribution in [1.82, 2.24) is 10.2 Å². The number of hydrogen-bond donors (Lipinski definition) is 2. The predicted molar refractivity (Wildman–Crippen MR) is 77.3 cm³/mol. The van der Waals surface area contributed by atoms with Crippen molar-refractivity contribution in [3.63, 3.8) is 0 Å². The second kappa shape index (κ2) is 5.68. The first-order chi connectivity index (χ1) is 8.90. The summed E-state index contributed by atoms with van der Waals surface area (Å²) in [4.78, 5) is 2.57. The maximum absolute atomic E-state index is 9.71. The van der Waals surface area contributed by atoms with E-state index in [0.717, 1.165) is 32.5 Å². The van der Waals surface area contributed by atoms with Gasteiger partial charge in [0.05, 0.1) is 18.3 Å². The zero-order valence-corrected chi connectivity index (χ0v) is 12.9. The van der Waals surface area contributed by atoms with E-state index in [1.165, 1.54) is 6.42 Å². The molecule has 2 N–H and O–H groups in total. The van der Waals surface area contributed by atoms with Crippen molar-refractivity contribution in [2.24, 2.45) is 0 Å². The highest BCUT2D eigenvalue weighted by Gasteiger charge is 2.43. The van der Waals surface area contributed by atoms with Gasteiger partial charge in [0.25, 0.3) is 0 Å². The van der Waals surface area contributed by atoms with E-state index >= 15 is 0 Å². The first kappa shape index (κ1) is 15.2. The average molecular weight is 270 g/mol. The Labute approximate surface area is 117 Å². The van der Waals surface area contributed by atoms with Crippen LogP contribution in [0, 0.1) is 0 Å². The molecular formula is C15H30N2O2. The standard InChI is InChI=1S/C15H30N2O2/c1-5-16-15(11-18)7-6-13(8-15)17-9-12(2)19-14(3,4)10-17/h12-13,16,18H,5-11H2,1-4H3. The number of rotatable bonds is 4. The summed E-state index contributed by atoms with van der Waals surface area (Å²) >= 11 is 0. The Hall–Kier alpha value is -0.160. The van der Waals surface area contributed by atoms with Crippen LogP contribution in [0.2, 0.25) is 0 Å². The molecule has 1 heterocycles. The predicted octanol–water partition coefficient (Wildman–Crippen LogP) is 1.38. The number of likely N-dealkylation sites (N-methyl/N-ethyl adjacent to an activating group) is 1. The van der Waals surface area contributed by atoms with E-state index in [1.54, 1.807) is 0 Å². The Morgan fingerprint density at radius 3 is 2.74 bits per heavy atom. The molecule has 2 fully saturated rings. The van der Waals surface area contributed by atoms with Gasteiger partial charge in [-0.2, -0.15) is 0 Å². The van der Waals surface area contributed by atoms with E-state index in [0.29, 0.717) is 12.1 Å². The van der Waals surface area contributed by atoms with Crippen molar-refractivity contribution in [2.45, 2.75) is 70.2 Å². The second-order valence-electron chi connectivity index (χ2n) is 6.98. The zero-order chi connectivity index (χ0) is 14.1. The summed E-state index contributed by atoms with van der Waals surface area (Å²) in [7, 11) is 0. The topological polar surface area (TPSA) is 44.7 Å². The summed E-state index contributed by atoms with van der Waals surface area (Å²) in [5, 5.41) is 13.2. The summed E-state index contributed by atoms with van der Waals surface area (Å²) in [5.41, 5.74) is -0.106. The minimum absolute atomic E-state index is 0.0505. The minimum Gasteiger partial charge on any atom is -0.394 e. The SMILES string of the molecule is CCNC1(CO)CCC(N2CC(C)OC(C)(C)C2)C1. The quantitative estimate of drug-likeness (QED) is 0.810. The maximum atomic E-state index is 9.71. The maximum Gasteiger partial charge on any atom is 0.0757 e. The molecule has 1 aliphatic heterocycles. The van der Waals surface area contributed by atoms with E-state index in [9.17, 15) is 5.11 Å².